The van der Waals surface area contributed by atoms with Crippen LogP contribution in [0.25, 0.3) is 0 Å². The number of rotatable bonds is 2. The first-order chi connectivity index (χ1) is 9.65. The van der Waals surface area contributed by atoms with Crippen molar-refractivity contribution in [2.75, 3.05) is 6.54 Å². The molecule has 0 saturated carbocycles. The van der Waals surface area contributed by atoms with Gasteiger partial charge in [0.25, 0.3) is 5.56 Å². The predicted octanol–water partition coefficient (Wildman–Crippen LogP) is 2.31. The van der Waals surface area contributed by atoms with Crippen molar-refractivity contribution in [1.82, 2.24) is 15.3 Å². The summed E-state index contributed by atoms with van der Waals surface area (Å²) >= 11 is 12.3. The maximum absolute atomic E-state index is 12.1. The molecule has 1 aromatic carbocycles. The predicted molar refractivity (Wildman–Crippen MR) is 79.5 cm³/mol. The number of H-pyrrole nitrogens is 1. The molecule has 0 fully saturated rings. The summed E-state index contributed by atoms with van der Waals surface area (Å²) in [5.41, 5.74) is 2.31. The Labute approximate surface area is 126 Å². The van der Waals surface area contributed by atoms with E-state index in [2.05, 4.69) is 15.3 Å². The zero-order valence-corrected chi connectivity index (χ0v) is 12.2. The molecule has 3 rings (SSSR count). The largest absolute Gasteiger partial charge is 0.311 e. The first kappa shape index (κ1) is 13.6. The van der Waals surface area contributed by atoms with Crippen molar-refractivity contribution in [3.63, 3.8) is 0 Å². The molecule has 1 aliphatic heterocycles. The quantitative estimate of drug-likeness (QED) is 0.895. The molecule has 20 heavy (non-hydrogen) atoms. The molecular formula is C14H13Cl2N3O. The van der Waals surface area contributed by atoms with Crippen molar-refractivity contribution in [2.45, 2.75) is 19.4 Å². The fraction of sp³-hybridized carbons (Fsp3) is 0.286. The molecule has 0 bridgehead atoms. The number of aromatic amines is 1. The average molecular weight is 310 g/mol. The number of hydrogen-bond donors (Lipinski definition) is 2. The van der Waals surface area contributed by atoms with Crippen LogP contribution in [0.2, 0.25) is 10.0 Å². The van der Waals surface area contributed by atoms with Gasteiger partial charge >= 0.3 is 0 Å². The fourth-order valence-corrected chi connectivity index (χ4v) is 2.90. The first-order valence-electron chi connectivity index (χ1n) is 6.39. The Balaban J connectivity index is 2.00. The number of hydrogen-bond acceptors (Lipinski definition) is 3. The smallest absolute Gasteiger partial charge is 0.254 e. The summed E-state index contributed by atoms with van der Waals surface area (Å²) in [7, 11) is 0. The molecule has 0 unspecified atom stereocenters. The van der Waals surface area contributed by atoms with Crippen molar-refractivity contribution in [2.24, 2.45) is 0 Å². The molecule has 104 valence electrons. The van der Waals surface area contributed by atoms with Crippen molar-refractivity contribution in [3.8, 4) is 0 Å². The molecule has 2 aromatic rings. The Morgan fingerprint density at radius 3 is 2.75 bits per heavy atom. The molecule has 0 atom stereocenters. The average Bonchev–Trinajstić information content (AvgIpc) is 2.43. The normalized spacial score (nSPS) is 14.1. The fourth-order valence-electron chi connectivity index (χ4n) is 2.37. The highest BCUT2D eigenvalue weighted by molar-refractivity contribution is 6.36. The van der Waals surface area contributed by atoms with Gasteiger partial charge in [0.15, 0.2) is 0 Å². The van der Waals surface area contributed by atoms with Crippen LogP contribution < -0.4 is 10.9 Å². The minimum absolute atomic E-state index is 0.0605. The van der Waals surface area contributed by atoms with Crippen LogP contribution in [0.4, 0.5) is 0 Å². The second kappa shape index (κ2) is 5.56. The van der Waals surface area contributed by atoms with Crippen molar-refractivity contribution < 1.29 is 0 Å². The number of benzene rings is 1. The summed E-state index contributed by atoms with van der Waals surface area (Å²) in [4.78, 5) is 19.4. The molecule has 1 aliphatic rings. The van der Waals surface area contributed by atoms with Gasteiger partial charge in [0.05, 0.1) is 5.69 Å². The summed E-state index contributed by atoms with van der Waals surface area (Å²) < 4.78 is 0. The van der Waals surface area contributed by atoms with Crippen LogP contribution in [0.1, 0.15) is 22.6 Å². The topological polar surface area (TPSA) is 57.8 Å². The summed E-state index contributed by atoms with van der Waals surface area (Å²) in [5, 5.41) is 4.37. The van der Waals surface area contributed by atoms with Gasteiger partial charge in [0.1, 0.15) is 5.82 Å². The number of fused-ring (bicyclic) bond motifs is 1. The number of aromatic nitrogens is 2. The van der Waals surface area contributed by atoms with E-state index in [1.807, 2.05) is 0 Å². The molecule has 0 saturated heterocycles. The standard InChI is InChI=1S/C14H13Cl2N3O/c15-10-2-1-3-11(16)9(10)6-13-18-12-7-17-5-4-8(12)14(20)19-13/h1-3,17H,4-7H2,(H,18,19,20). The van der Waals surface area contributed by atoms with Crippen LogP contribution in [0.5, 0.6) is 0 Å². The van der Waals surface area contributed by atoms with Gasteiger partial charge in [0.2, 0.25) is 0 Å². The third-order valence-electron chi connectivity index (χ3n) is 3.40. The van der Waals surface area contributed by atoms with Crippen LogP contribution in [-0.4, -0.2) is 16.5 Å². The highest BCUT2D eigenvalue weighted by Crippen LogP contribution is 2.26. The summed E-state index contributed by atoms with van der Waals surface area (Å²) in [6.07, 6.45) is 1.13. The molecule has 0 spiro atoms. The Hall–Kier alpha value is -1.36. The molecule has 0 radical (unpaired) electrons. The van der Waals surface area contributed by atoms with E-state index in [1.54, 1.807) is 18.2 Å². The molecule has 0 amide bonds. The summed E-state index contributed by atoms with van der Waals surface area (Å²) in [6, 6.07) is 5.35. The Morgan fingerprint density at radius 2 is 2.00 bits per heavy atom. The molecule has 1 aromatic heterocycles. The lowest BCUT2D eigenvalue weighted by Gasteiger charge is -2.16. The maximum Gasteiger partial charge on any atom is 0.254 e. The van der Waals surface area contributed by atoms with Crippen molar-refractivity contribution in [3.05, 3.63) is 61.2 Å². The second-order valence-corrected chi connectivity index (χ2v) is 5.56. The maximum atomic E-state index is 12.1. The van der Waals surface area contributed by atoms with Gasteiger partial charge in [-0.3, -0.25) is 4.79 Å². The van der Waals surface area contributed by atoms with E-state index in [0.717, 1.165) is 23.4 Å². The number of nitrogens with one attached hydrogen (secondary N) is 2. The zero-order valence-electron chi connectivity index (χ0n) is 10.7. The Morgan fingerprint density at radius 1 is 1.25 bits per heavy atom. The SMILES string of the molecule is O=c1[nH]c(Cc2c(Cl)cccc2Cl)nc2c1CCNC2. The lowest BCUT2D eigenvalue weighted by atomic mass is 10.1. The van der Waals surface area contributed by atoms with E-state index in [1.165, 1.54) is 0 Å². The minimum Gasteiger partial charge on any atom is -0.311 e. The van der Waals surface area contributed by atoms with Crippen LogP contribution in [0, 0.1) is 0 Å². The Kier molecular flexibility index (Phi) is 3.78. The first-order valence-corrected chi connectivity index (χ1v) is 7.15. The third-order valence-corrected chi connectivity index (χ3v) is 4.11. The second-order valence-electron chi connectivity index (χ2n) is 4.74. The van der Waals surface area contributed by atoms with E-state index < -0.39 is 0 Å². The van der Waals surface area contributed by atoms with Crippen LogP contribution in [-0.2, 0) is 19.4 Å². The van der Waals surface area contributed by atoms with Gasteiger partial charge in [0, 0.05) is 28.6 Å². The highest BCUT2D eigenvalue weighted by atomic mass is 35.5. The molecule has 4 nitrogen and oxygen atoms in total. The van der Waals surface area contributed by atoms with E-state index in [4.69, 9.17) is 23.2 Å². The summed E-state index contributed by atoms with van der Waals surface area (Å²) in [6.45, 7) is 1.44. The van der Waals surface area contributed by atoms with Gasteiger partial charge < -0.3 is 10.3 Å². The van der Waals surface area contributed by atoms with E-state index in [9.17, 15) is 4.79 Å². The third kappa shape index (κ3) is 2.59. The molecule has 2 heterocycles. The van der Waals surface area contributed by atoms with Crippen LogP contribution in [0.15, 0.2) is 23.0 Å². The Bertz CT molecular complexity index is 692. The number of nitrogens with zero attached hydrogens (tertiary/aromatic N) is 1. The monoisotopic (exact) mass is 309 g/mol. The van der Waals surface area contributed by atoms with Gasteiger partial charge in [-0.05, 0) is 30.7 Å². The molecular weight excluding hydrogens is 297 g/mol. The van der Waals surface area contributed by atoms with E-state index >= 15 is 0 Å². The van der Waals surface area contributed by atoms with Gasteiger partial charge in [-0.2, -0.15) is 0 Å². The number of halogens is 2. The van der Waals surface area contributed by atoms with Crippen LogP contribution >= 0.6 is 23.2 Å². The van der Waals surface area contributed by atoms with E-state index in [-0.39, 0.29) is 5.56 Å². The zero-order chi connectivity index (χ0) is 14.1. The molecule has 2 N–H and O–H groups in total. The van der Waals surface area contributed by atoms with Gasteiger partial charge in [-0.25, -0.2) is 4.98 Å². The minimum atomic E-state index is -0.0605. The highest BCUT2D eigenvalue weighted by Gasteiger charge is 2.16. The van der Waals surface area contributed by atoms with Crippen molar-refractivity contribution >= 4 is 23.2 Å². The lowest BCUT2D eigenvalue weighted by Crippen LogP contribution is -2.32. The summed E-state index contributed by atoms with van der Waals surface area (Å²) in [5.74, 6) is 0.590. The lowest BCUT2D eigenvalue weighted by molar-refractivity contribution is 0.613. The van der Waals surface area contributed by atoms with Gasteiger partial charge in [-0.15, -0.1) is 0 Å². The van der Waals surface area contributed by atoms with Crippen molar-refractivity contribution in [1.29, 1.82) is 0 Å². The van der Waals surface area contributed by atoms with Crippen LogP contribution in [0.3, 0.4) is 0 Å². The van der Waals surface area contributed by atoms with E-state index in [0.29, 0.717) is 35.3 Å². The molecule has 0 aliphatic carbocycles. The van der Waals surface area contributed by atoms with Gasteiger partial charge in [-0.1, -0.05) is 29.3 Å². The molecule has 6 heteroatoms.